The minimum absolute atomic E-state index is 0.0604. The minimum Gasteiger partial charge on any atom is -0.398 e. The Bertz CT molecular complexity index is 296. The first kappa shape index (κ1) is 7.86. The molecule has 1 aromatic rings. The molecule has 0 unspecified atom stereocenters. The van der Waals surface area contributed by atoms with Gasteiger partial charge in [-0.15, -0.1) is 0 Å². The van der Waals surface area contributed by atoms with Gasteiger partial charge in [0.2, 0.25) is 0 Å². The molecule has 11 heavy (non-hydrogen) atoms. The molecule has 3 heteroatoms. The number of ketones is 1. The molecule has 0 spiro atoms. The minimum atomic E-state index is -0.0604. The van der Waals surface area contributed by atoms with Crippen molar-refractivity contribution in [3.8, 4) is 0 Å². The Labute approximate surface area is 66.8 Å². The zero-order chi connectivity index (χ0) is 8.43. The molecule has 1 rings (SSSR count). The maximum atomic E-state index is 10.9. The average molecular weight is 145 g/mol. The van der Waals surface area contributed by atoms with Crippen LogP contribution in [0.4, 0.5) is 5.69 Å². The lowest BCUT2D eigenvalue weighted by Gasteiger charge is -2.01. The Morgan fingerprint density at radius 1 is 1.55 bits per heavy atom. The third kappa shape index (κ3) is 1.61. The van der Waals surface area contributed by atoms with Crippen molar-refractivity contribution in [2.45, 2.75) is 6.92 Å². The number of rotatable bonds is 1. The number of hydrogen-bond acceptors (Lipinski definition) is 2. The zero-order valence-corrected chi connectivity index (χ0v) is 6.29. The van der Waals surface area contributed by atoms with Gasteiger partial charge in [0.1, 0.15) is 7.85 Å². The first-order valence-electron chi connectivity index (χ1n) is 3.27. The summed E-state index contributed by atoms with van der Waals surface area (Å²) in [7, 11) is 5.46. The van der Waals surface area contributed by atoms with Crippen LogP contribution in [0.1, 0.15) is 17.3 Å². The molecule has 0 heterocycles. The van der Waals surface area contributed by atoms with E-state index in [0.717, 1.165) is 0 Å². The van der Waals surface area contributed by atoms with Crippen LogP contribution in [0.5, 0.6) is 0 Å². The van der Waals surface area contributed by atoms with Gasteiger partial charge in [-0.1, -0.05) is 17.6 Å². The fourth-order valence-corrected chi connectivity index (χ4v) is 0.879. The maximum absolute atomic E-state index is 10.9. The van der Waals surface area contributed by atoms with Gasteiger partial charge in [-0.2, -0.15) is 0 Å². The smallest absolute Gasteiger partial charge is 0.161 e. The molecule has 2 nitrogen and oxygen atoms in total. The van der Waals surface area contributed by atoms with Gasteiger partial charge in [-0.25, -0.2) is 0 Å². The molecular weight excluding hydrogens is 137 g/mol. The monoisotopic (exact) mass is 145 g/mol. The number of carbonyl (C=O) groups excluding carboxylic acids is 1. The van der Waals surface area contributed by atoms with Crippen LogP contribution in [-0.4, -0.2) is 13.6 Å². The summed E-state index contributed by atoms with van der Waals surface area (Å²) >= 11 is 0. The van der Waals surface area contributed by atoms with Gasteiger partial charge in [0.05, 0.1) is 0 Å². The molecule has 0 aromatic heterocycles. The van der Waals surface area contributed by atoms with E-state index in [1.165, 1.54) is 6.92 Å². The van der Waals surface area contributed by atoms with Crippen LogP contribution in [0.25, 0.3) is 0 Å². The topological polar surface area (TPSA) is 43.1 Å². The van der Waals surface area contributed by atoms with E-state index >= 15 is 0 Å². The molecule has 0 fully saturated rings. The summed E-state index contributed by atoms with van der Waals surface area (Å²) in [6.45, 7) is 1.46. The normalized spacial score (nSPS) is 9.55. The number of benzene rings is 1. The van der Waals surface area contributed by atoms with Crippen LogP contribution in [0.3, 0.4) is 0 Å². The van der Waals surface area contributed by atoms with E-state index in [9.17, 15) is 4.79 Å². The Morgan fingerprint density at radius 3 is 2.64 bits per heavy atom. The summed E-state index contributed by atoms with van der Waals surface area (Å²) in [5.74, 6) is -0.0604. The molecule has 2 N–H and O–H groups in total. The second kappa shape index (κ2) is 2.78. The highest BCUT2D eigenvalue weighted by Gasteiger charge is 2.02. The van der Waals surface area contributed by atoms with Gasteiger partial charge in [0, 0.05) is 11.3 Å². The van der Waals surface area contributed by atoms with Gasteiger partial charge in [0.25, 0.3) is 0 Å². The van der Waals surface area contributed by atoms with Gasteiger partial charge >= 0.3 is 0 Å². The first-order valence-corrected chi connectivity index (χ1v) is 3.27. The fraction of sp³-hybridized carbons (Fsp3) is 0.125. The van der Waals surface area contributed by atoms with Crippen LogP contribution in [0, 0.1) is 0 Å². The lowest BCUT2D eigenvalue weighted by molar-refractivity contribution is 0.101. The molecular formula is C8H8BNO. The highest BCUT2D eigenvalue weighted by molar-refractivity contribution is 6.32. The van der Waals surface area contributed by atoms with Crippen molar-refractivity contribution >= 4 is 24.8 Å². The van der Waals surface area contributed by atoms with Gasteiger partial charge in [-0.05, 0) is 13.0 Å². The second-order valence-electron chi connectivity index (χ2n) is 2.40. The summed E-state index contributed by atoms with van der Waals surface area (Å²) in [6, 6.07) is 4.88. The van der Waals surface area contributed by atoms with Gasteiger partial charge < -0.3 is 5.73 Å². The lowest BCUT2D eigenvalue weighted by Crippen LogP contribution is -2.08. The molecule has 0 aliphatic heterocycles. The van der Waals surface area contributed by atoms with Crippen LogP contribution < -0.4 is 11.2 Å². The quantitative estimate of drug-likeness (QED) is 0.350. The third-order valence-electron chi connectivity index (χ3n) is 1.46. The molecule has 0 saturated heterocycles. The van der Waals surface area contributed by atoms with Crippen LogP contribution >= 0.6 is 0 Å². The molecule has 0 saturated carbocycles. The Hall–Kier alpha value is -1.25. The van der Waals surface area contributed by atoms with Crippen molar-refractivity contribution in [1.82, 2.24) is 0 Å². The van der Waals surface area contributed by atoms with Crippen molar-refractivity contribution in [1.29, 1.82) is 0 Å². The first-order chi connectivity index (χ1) is 5.11. The number of hydrogen-bond donors (Lipinski definition) is 1. The van der Waals surface area contributed by atoms with E-state index < -0.39 is 0 Å². The number of nitrogens with two attached hydrogens (primary N) is 1. The maximum Gasteiger partial charge on any atom is 0.161 e. The van der Waals surface area contributed by atoms with Crippen molar-refractivity contribution < 1.29 is 4.79 Å². The molecule has 1 aromatic carbocycles. The molecule has 0 aliphatic rings. The van der Waals surface area contributed by atoms with Crippen LogP contribution in [0.2, 0.25) is 0 Å². The molecule has 0 aliphatic carbocycles. The van der Waals surface area contributed by atoms with E-state index in [1.54, 1.807) is 18.2 Å². The van der Waals surface area contributed by atoms with Crippen LogP contribution in [-0.2, 0) is 0 Å². The number of anilines is 1. The summed E-state index contributed by atoms with van der Waals surface area (Å²) in [6.07, 6.45) is 0. The van der Waals surface area contributed by atoms with E-state index in [-0.39, 0.29) is 5.78 Å². The van der Waals surface area contributed by atoms with Gasteiger partial charge in [-0.3, -0.25) is 4.79 Å². The molecule has 54 valence electrons. The van der Waals surface area contributed by atoms with Gasteiger partial charge in [0.15, 0.2) is 5.78 Å². The average Bonchev–Trinajstić information content (AvgIpc) is 1.94. The van der Waals surface area contributed by atoms with Crippen molar-refractivity contribution in [3.05, 3.63) is 23.8 Å². The Kier molecular flexibility index (Phi) is 1.99. The largest absolute Gasteiger partial charge is 0.398 e. The number of nitrogen functional groups attached to an aromatic ring is 1. The molecule has 0 bridgehead atoms. The van der Waals surface area contributed by atoms with Crippen molar-refractivity contribution in [2.75, 3.05) is 5.73 Å². The summed E-state index contributed by atoms with van der Waals surface area (Å²) in [5, 5.41) is 0. The summed E-state index contributed by atoms with van der Waals surface area (Å²) in [5.41, 5.74) is 7.04. The fourth-order valence-electron chi connectivity index (χ4n) is 0.879. The van der Waals surface area contributed by atoms with Crippen LogP contribution in [0.15, 0.2) is 18.2 Å². The van der Waals surface area contributed by atoms with E-state index in [2.05, 4.69) is 0 Å². The SMILES string of the molecule is [B]c1ccc(N)c(C(C)=O)c1. The highest BCUT2D eigenvalue weighted by atomic mass is 16.1. The van der Waals surface area contributed by atoms with Crippen molar-refractivity contribution in [3.63, 3.8) is 0 Å². The highest BCUT2D eigenvalue weighted by Crippen LogP contribution is 2.08. The predicted molar refractivity (Wildman–Crippen MR) is 46.2 cm³/mol. The third-order valence-corrected chi connectivity index (χ3v) is 1.46. The number of carbonyl (C=O) groups is 1. The van der Waals surface area contributed by atoms with Crippen molar-refractivity contribution in [2.24, 2.45) is 0 Å². The molecule has 0 atom stereocenters. The summed E-state index contributed by atoms with van der Waals surface area (Å²) in [4.78, 5) is 10.9. The Balaban J connectivity index is 3.23. The van der Waals surface area contributed by atoms with E-state index in [0.29, 0.717) is 16.7 Å². The standard InChI is InChI=1S/C8H8BNO/c1-5(11)7-4-6(9)2-3-8(7)10/h2-4H,10H2,1H3. The molecule has 2 radical (unpaired) electrons. The number of Topliss-reactive ketones (excluding diaryl/α,β-unsaturated/α-hetero) is 1. The Morgan fingerprint density at radius 2 is 2.18 bits per heavy atom. The van der Waals surface area contributed by atoms with E-state index in [4.69, 9.17) is 13.6 Å². The van der Waals surface area contributed by atoms with E-state index in [1.807, 2.05) is 0 Å². The summed E-state index contributed by atoms with van der Waals surface area (Å²) < 4.78 is 0. The molecule has 0 amide bonds. The second-order valence-corrected chi connectivity index (χ2v) is 2.40. The lowest BCUT2D eigenvalue weighted by atomic mass is 9.93. The zero-order valence-electron chi connectivity index (χ0n) is 6.29. The predicted octanol–water partition coefficient (Wildman–Crippen LogP) is 0.265.